The maximum Gasteiger partial charge on any atom is 0.227 e. The highest BCUT2D eigenvalue weighted by atomic mass is 19.1. The van der Waals surface area contributed by atoms with Crippen LogP contribution < -0.4 is 15.0 Å². The van der Waals surface area contributed by atoms with Crippen molar-refractivity contribution in [1.29, 1.82) is 0 Å². The molecule has 10 heteroatoms. The van der Waals surface area contributed by atoms with Crippen LogP contribution in [0.4, 0.5) is 30.5 Å². The van der Waals surface area contributed by atoms with Crippen molar-refractivity contribution >= 4 is 17.3 Å². The van der Waals surface area contributed by atoms with Crippen molar-refractivity contribution in [3.05, 3.63) is 89.1 Å². The summed E-state index contributed by atoms with van der Waals surface area (Å²) in [5, 5.41) is 2.99. The van der Waals surface area contributed by atoms with Gasteiger partial charge in [0.25, 0.3) is 0 Å². The molecule has 0 amide bonds. The molecule has 2 aliphatic heterocycles. The Kier molecular flexibility index (Phi) is 7.38. The largest absolute Gasteiger partial charge is 0.486 e. The fourth-order valence-corrected chi connectivity index (χ4v) is 6.68. The van der Waals surface area contributed by atoms with Crippen LogP contribution in [0.2, 0.25) is 0 Å². The minimum Gasteiger partial charge on any atom is -0.486 e. The zero-order valence-electron chi connectivity index (χ0n) is 24.0. The average Bonchev–Trinajstić information content (AvgIpc) is 3.02. The summed E-state index contributed by atoms with van der Waals surface area (Å²) in [6.45, 7) is 2.79. The van der Waals surface area contributed by atoms with Crippen molar-refractivity contribution < 1.29 is 17.9 Å². The number of aryl methyl sites for hydroxylation is 1. The van der Waals surface area contributed by atoms with E-state index in [0.717, 1.165) is 62.6 Å². The number of benzene rings is 2. The fourth-order valence-electron chi connectivity index (χ4n) is 6.68. The summed E-state index contributed by atoms with van der Waals surface area (Å²) in [5.74, 6) is -1.15. The maximum atomic E-state index is 15.5. The quantitative estimate of drug-likeness (QED) is 0.276. The predicted molar refractivity (Wildman–Crippen MR) is 159 cm³/mol. The second-order valence-corrected chi connectivity index (χ2v) is 11.6. The topological polar surface area (TPSA) is 66.4 Å². The highest BCUT2D eigenvalue weighted by Gasteiger charge is 2.32. The first-order chi connectivity index (χ1) is 20.9. The third-order valence-corrected chi connectivity index (χ3v) is 8.90. The number of halogens is 3. The number of hydrogen-bond donors (Lipinski definition) is 1. The van der Waals surface area contributed by atoms with Crippen LogP contribution in [0, 0.1) is 17.5 Å². The molecule has 2 aromatic heterocycles. The van der Waals surface area contributed by atoms with Gasteiger partial charge in [-0.15, -0.1) is 0 Å². The van der Waals surface area contributed by atoms with Crippen LogP contribution in [-0.2, 0) is 6.42 Å². The lowest BCUT2D eigenvalue weighted by molar-refractivity contribution is 0.253. The minimum absolute atomic E-state index is 0.00890. The molecule has 222 valence electrons. The molecule has 1 N–H and O–H groups in total. The van der Waals surface area contributed by atoms with Gasteiger partial charge >= 0.3 is 0 Å². The lowest BCUT2D eigenvalue weighted by atomic mass is 9.89. The van der Waals surface area contributed by atoms with Crippen molar-refractivity contribution in [2.75, 3.05) is 43.5 Å². The molecular formula is C33H33F3N6O. The van der Waals surface area contributed by atoms with Gasteiger partial charge in [0.15, 0.2) is 17.4 Å². The minimum atomic E-state index is -0.691. The number of anilines is 3. The third kappa shape index (κ3) is 5.40. The Bertz CT molecular complexity index is 1660. The Labute approximate surface area is 248 Å². The summed E-state index contributed by atoms with van der Waals surface area (Å²) in [5.41, 5.74) is 4.10. The molecule has 4 aromatic rings. The van der Waals surface area contributed by atoms with E-state index in [4.69, 9.17) is 4.74 Å². The molecule has 1 saturated heterocycles. The van der Waals surface area contributed by atoms with E-state index in [9.17, 15) is 0 Å². The summed E-state index contributed by atoms with van der Waals surface area (Å²) < 4.78 is 51.5. The van der Waals surface area contributed by atoms with Crippen molar-refractivity contribution in [2.45, 2.75) is 44.1 Å². The van der Waals surface area contributed by atoms with Crippen LogP contribution in [0.5, 0.6) is 5.75 Å². The summed E-state index contributed by atoms with van der Waals surface area (Å²) in [6.07, 6.45) is 7.44. The second-order valence-electron chi connectivity index (χ2n) is 11.6. The molecular weight excluding hydrogens is 553 g/mol. The number of nitrogens with zero attached hydrogens (tertiary/aromatic N) is 5. The van der Waals surface area contributed by atoms with Gasteiger partial charge in [-0.2, -0.15) is 0 Å². The molecule has 2 aromatic carbocycles. The smallest absolute Gasteiger partial charge is 0.227 e. The second kappa shape index (κ2) is 11.5. The van der Waals surface area contributed by atoms with Gasteiger partial charge in [-0.1, -0.05) is 12.1 Å². The Balaban J connectivity index is 1.18. The molecule has 0 bridgehead atoms. The molecule has 1 fully saturated rings. The lowest BCUT2D eigenvalue weighted by Crippen LogP contribution is -2.38. The molecule has 0 spiro atoms. The van der Waals surface area contributed by atoms with E-state index in [-0.39, 0.29) is 40.7 Å². The van der Waals surface area contributed by atoms with Gasteiger partial charge in [0.1, 0.15) is 18.1 Å². The third-order valence-electron chi connectivity index (χ3n) is 8.90. The summed E-state index contributed by atoms with van der Waals surface area (Å²) in [4.78, 5) is 17.4. The Morgan fingerprint density at radius 3 is 2.60 bits per heavy atom. The van der Waals surface area contributed by atoms with Gasteiger partial charge < -0.3 is 19.9 Å². The molecule has 1 aliphatic carbocycles. The fraction of sp³-hybridized carbons (Fsp3) is 0.364. The summed E-state index contributed by atoms with van der Waals surface area (Å²) in [6, 6.07) is 12.0. The first-order valence-electron chi connectivity index (χ1n) is 14.9. The van der Waals surface area contributed by atoms with Crippen LogP contribution in [0.1, 0.15) is 54.5 Å². The van der Waals surface area contributed by atoms with Gasteiger partial charge in [-0.3, -0.25) is 4.98 Å². The van der Waals surface area contributed by atoms with E-state index in [0.29, 0.717) is 30.1 Å². The number of piperidine rings is 1. The van der Waals surface area contributed by atoms with Gasteiger partial charge in [-0.25, -0.2) is 23.1 Å². The summed E-state index contributed by atoms with van der Waals surface area (Å²) in [7, 11) is 2.08. The van der Waals surface area contributed by atoms with Crippen LogP contribution in [0.3, 0.4) is 0 Å². The van der Waals surface area contributed by atoms with Crippen LogP contribution >= 0.6 is 0 Å². The lowest BCUT2D eigenvalue weighted by Gasteiger charge is -2.40. The van der Waals surface area contributed by atoms with E-state index in [1.54, 1.807) is 24.4 Å². The van der Waals surface area contributed by atoms with Crippen molar-refractivity contribution in [3.8, 4) is 17.0 Å². The number of rotatable bonds is 5. The zero-order chi connectivity index (χ0) is 29.5. The number of likely N-dealkylation sites (tertiary alicyclic amines) is 1. The maximum absolute atomic E-state index is 15.5. The highest BCUT2D eigenvalue weighted by Crippen LogP contribution is 2.44. The number of pyridine rings is 1. The molecule has 1 atom stereocenters. The zero-order valence-corrected chi connectivity index (χ0v) is 24.0. The van der Waals surface area contributed by atoms with Crippen LogP contribution in [0.25, 0.3) is 11.3 Å². The number of aromatic nitrogens is 3. The van der Waals surface area contributed by atoms with Crippen molar-refractivity contribution in [3.63, 3.8) is 0 Å². The first-order valence-corrected chi connectivity index (χ1v) is 14.9. The molecule has 4 heterocycles. The number of ether oxygens (including phenoxy) is 1. The Morgan fingerprint density at radius 1 is 0.907 bits per heavy atom. The first kappa shape index (κ1) is 27.6. The van der Waals surface area contributed by atoms with Gasteiger partial charge in [0, 0.05) is 23.1 Å². The van der Waals surface area contributed by atoms with Crippen LogP contribution in [-0.4, -0.2) is 53.1 Å². The average molecular weight is 587 g/mol. The van der Waals surface area contributed by atoms with E-state index in [1.807, 2.05) is 6.07 Å². The van der Waals surface area contributed by atoms with Crippen molar-refractivity contribution in [2.24, 2.45) is 0 Å². The normalized spacial score (nSPS) is 19.0. The number of hydrogen-bond acceptors (Lipinski definition) is 7. The molecule has 7 nitrogen and oxygen atoms in total. The SMILES string of the molecule is CN1CCC(c2ccc(Nc3ncc(F)c(-c4cc(F)c5c(c4)N(C4CCCc6ncccc64)CCO5)n3)cc2F)CC1. The molecule has 0 saturated carbocycles. The molecule has 3 aliphatic rings. The van der Waals surface area contributed by atoms with E-state index < -0.39 is 11.6 Å². The van der Waals surface area contributed by atoms with E-state index in [2.05, 4.69) is 43.2 Å². The standard InChI is InChI=1S/C33H33F3N6O/c1-41-12-9-20(10-13-41)23-8-7-22(18-25(23)34)39-33-38-19-27(36)31(40-33)21-16-26(35)32-30(17-21)42(14-15-43-32)29-6-2-5-28-24(29)4-3-11-37-28/h3-4,7-8,11,16-20,29H,2,5-6,9-10,12-15H2,1H3,(H,38,39,40). The highest BCUT2D eigenvalue weighted by molar-refractivity contribution is 5.73. The van der Waals surface area contributed by atoms with Crippen molar-refractivity contribution in [1.82, 2.24) is 19.9 Å². The Hall–Kier alpha value is -4.18. The molecule has 0 radical (unpaired) electrons. The molecule has 7 rings (SSSR count). The molecule has 1 unspecified atom stereocenters. The monoisotopic (exact) mass is 586 g/mol. The summed E-state index contributed by atoms with van der Waals surface area (Å²) >= 11 is 0. The number of nitrogens with one attached hydrogen (secondary N) is 1. The predicted octanol–water partition coefficient (Wildman–Crippen LogP) is 6.79. The molecule has 43 heavy (non-hydrogen) atoms. The van der Waals surface area contributed by atoms with E-state index in [1.165, 1.54) is 12.1 Å². The van der Waals surface area contributed by atoms with Gasteiger partial charge in [0.05, 0.1) is 24.5 Å². The number of fused-ring (bicyclic) bond motifs is 2. The van der Waals surface area contributed by atoms with Gasteiger partial charge in [-0.05, 0) is 99.6 Å². The van der Waals surface area contributed by atoms with Gasteiger partial charge in [0.2, 0.25) is 5.95 Å². The van der Waals surface area contributed by atoms with Crippen LogP contribution in [0.15, 0.2) is 54.9 Å². The Morgan fingerprint density at radius 2 is 1.77 bits per heavy atom. The van der Waals surface area contributed by atoms with E-state index >= 15 is 13.2 Å².